The number of nitrogens with one attached hydrogen (secondary N) is 1. The maximum atomic E-state index is 13.5. The summed E-state index contributed by atoms with van der Waals surface area (Å²) >= 11 is 0. The number of fused-ring (bicyclic) bond motifs is 2. The number of aryl methyl sites for hydroxylation is 2. The number of aromatic nitrogens is 5. The molecule has 1 atom stereocenters. The number of anilines is 2. The lowest BCUT2D eigenvalue weighted by atomic mass is 10.1. The highest BCUT2D eigenvalue weighted by atomic mass is 16.6. The third kappa shape index (κ3) is 5.50. The molecule has 3 aromatic heterocycles. The van der Waals surface area contributed by atoms with Crippen LogP contribution in [0, 0.1) is 6.92 Å². The lowest BCUT2D eigenvalue weighted by Gasteiger charge is -2.29. The average Bonchev–Trinajstić information content (AvgIpc) is 3.25. The molecule has 4 heterocycles. The smallest absolute Gasteiger partial charge is 0.410 e. The molecule has 1 aliphatic heterocycles. The van der Waals surface area contributed by atoms with Crippen LogP contribution >= 0.6 is 0 Å². The molecule has 1 aromatic carbocycles. The van der Waals surface area contributed by atoms with E-state index in [-0.39, 0.29) is 24.1 Å². The van der Waals surface area contributed by atoms with Gasteiger partial charge >= 0.3 is 6.09 Å². The summed E-state index contributed by atoms with van der Waals surface area (Å²) in [6.45, 7) is 8.93. The van der Waals surface area contributed by atoms with Gasteiger partial charge in [-0.15, -0.1) is 0 Å². The van der Waals surface area contributed by atoms with Gasteiger partial charge in [0, 0.05) is 50.7 Å². The first kappa shape index (κ1) is 26.9. The van der Waals surface area contributed by atoms with Crippen molar-refractivity contribution in [3.63, 3.8) is 0 Å². The number of benzene rings is 1. The number of amides is 2. The van der Waals surface area contributed by atoms with Gasteiger partial charge in [0.25, 0.3) is 11.8 Å². The van der Waals surface area contributed by atoms with Crippen LogP contribution in [0.5, 0.6) is 5.88 Å². The second-order valence-corrected chi connectivity index (χ2v) is 12.0. The van der Waals surface area contributed by atoms with E-state index in [1.807, 2.05) is 57.6 Å². The average molecular weight is 561 g/mol. The minimum atomic E-state index is -0.549. The maximum absolute atomic E-state index is 13.5. The molecule has 4 aromatic rings. The molecule has 216 valence electrons. The van der Waals surface area contributed by atoms with Crippen LogP contribution in [-0.2, 0) is 11.8 Å². The van der Waals surface area contributed by atoms with E-state index in [9.17, 15) is 9.59 Å². The Kier molecular flexibility index (Phi) is 6.50. The van der Waals surface area contributed by atoms with E-state index in [0.29, 0.717) is 35.0 Å². The summed E-state index contributed by atoms with van der Waals surface area (Å²) in [5.41, 5.74) is 2.93. The third-order valence-electron chi connectivity index (χ3n) is 7.32. The van der Waals surface area contributed by atoms with Gasteiger partial charge in [-0.05, 0) is 59.1 Å². The Morgan fingerprint density at radius 2 is 1.88 bits per heavy atom. The van der Waals surface area contributed by atoms with E-state index in [0.717, 1.165) is 42.6 Å². The molecule has 0 bridgehead atoms. The molecule has 41 heavy (non-hydrogen) atoms. The molecule has 1 N–H and O–H groups in total. The van der Waals surface area contributed by atoms with Gasteiger partial charge in [-0.1, -0.05) is 0 Å². The van der Waals surface area contributed by atoms with Crippen LogP contribution in [0.1, 0.15) is 56.1 Å². The van der Waals surface area contributed by atoms with Crippen LogP contribution in [0.15, 0.2) is 30.7 Å². The van der Waals surface area contributed by atoms with E-state index >= 15 is 0 Å². The Bertz CT molecular complexity index is 1650. The number of ether oxygens (including phenoxy) is 2. The fourth-order valence-corrected chi connectivity index (χ4v) is 5.18. The Hall–Kier alpha value is -4.35. The lowest BCUT2D eigenvalue weighted by molar-refractivity contribution is 0.0237. The maximum Gasteiger partial charge on any atom is 0.410 e. The van der Waals surface area contributed by atoms with Crippen molar-refractivity contribution < 1.29 is 19.1 Å². The largest absolute Gasteiger partial charge is 0.472 e. The zero-order valence-corrected chi connectivity index (χ0v) is 24.3. The van der Waals surface area contributed by atoms with Crippen LogP contribution < -0.4 is 15.0 Å². The molecule has 1 saturated heterocycles. The first-order chi connectivity index (χ1) is 19.4. The highest BCUT2D eigenvalue weighted by Crippen LogP contribution is 2.33. The molecule has 0 unspecified atom stereocenters. The zero-order valence-electron chi connectivity index (χ0n) is 24.3. The van der Waals surface area contributed by atoms with Crippen molar-refractivity contribution in [1.29, 1.82) is 0 Å². The number of hydrogen-bond donors (Lipinski definition) is 1. The summed E-state index contributed by atoms with van der Waals surface area (Å²) in [5, 5.41) is 8.44. The normalized spacial score (nSPS) is 17.3. The predicted octanol–water partition coefficient (Wildman–Crippen LogP) is 4.16. The number of hydrogen-bond acceptors (Lipinski definition) is 8. The number of nitrogens with zero attached hydrogens (tertiary/aromatic N) is 7. The first-order valence-electron chi connectivity index (χ1n) is 14.0. The van der Waals surface area contributed by atoms with Gasteiger partial charge in [-0.25, -0.2) is 9.78 Å². The molecule has 2 aliphatic rings. The van der Waals surface area contributed by atoms with Crippen molar-refractivity contribution in [3.05, 3.63) is 42.0 Å². The van der Waals surface area contributed by atoms with E-state index in [2.05, 4.69) is 25.3 Å². The van der Waals surface area contributed by atoms with Crippen LogP contribution in [0.25, 0.3) is 16.6 Å². The predicted molar refractivity (Wildman–Crippen MR) is 155 cm³/mol. The summed E-state index contributed by atoms with van der Waals surface area (Å²) in [5.74, 6) is 0.471. The first-order valence-corrected chi connectivity index (χ1v) is 14.0. The molecule has 0 radical (unpaired) electrons. The summed E-state index contributed by atoms with van der Waals surface area (Å²) in [6.07, 6.45) is 8.14. The van der Waals surface area contributed by atoms with Crippen LogP contribution in [0.3, 0.4) is 0 Å². The van der Waals surface area contributed by atoms with Crippen LogP contribution in [0.2, 0.25) is 0 Å². The molecule has 12 nitrogen and oxygen atoms in total. The van der Waals surface area contributed by atoms with Gasteiger partial charge in [-0.2, -0.15) is 10.1 Å². The lowest BCUT2D eigenvalue weighted by Crippen LogP contribution is -2.42. The number of rotatable bonds is 6. The van der Waals surface area contributed by atoms with Crippen molar-refractivity contribution >= 4 is 40.1 Å². The molecule has 1 aliphatic carbocycles. The summed E-state index contributed by atoms with van der Waals surface area (Å²) in [6, 6.07) is 3.76. The van der Waals surface area contributed by atoms with E-state index in [4.69, 9.17) is 9.47 Å². The van der Waals surface area contributed by atoms with Crippen molar-refractivity contribution in [2.75, 3.05) is 30.4 Å². The number of likely N-dealkylation sites (N-methyl/N-ethyl adjacent to an activating group) is 1. The van der Waals surface area contributed by atoms with Crippen molar-refractivity contribution in [2.24, 2.45) is 7.05 Å². The van der Waals surface area contributed by atoms with E-state index in [1.54, 1.807) is 28.9 Å². The standard InChI is InChI=1S/C29H36N8O4/c1-17-13-37-16-23(32-27(25(37)30-17)40-19-7-8-19)31-26(38)20-9-10-22(21-15-34(5)33-24(20)21)36-12-11-18(14-36)35(6)28(39)41-29(2,3)4/h9-10,13,15-16,18-19H,7-8,11-12,14H2,1-6H3,(H,31,38)/t18-/m1/s1. The topological polar surface area (TPSA) is 119 Å². The second-order valence-electron chi connectivity index (χ2n) is 12.0. The highest BCUT2D eigenvalue weighted by Gasteiger charge is 2.32. The minimum Gasteiger partial charge on any atom is -0.472 e. The monoisotopic (exact) mass is 560 g/mol. The summed E-state index contributed by atoms with van der Waals surface area (Å²) in [7, 11) is 3.62. The van der Waals surface area contributed by atoms with Gasteiger partial charge < -0.3 is 24.6 Å². The number of carbonyl (C=O) groups excluding carboxylic acids is 2. The molecular weight excluding hydrogens is 524 g/mol. The third-order valence-corrected chi connectivity index (χ3v) is 7.32. The van der Waals surface area contributed by atoms with Gasteiger partial charge in [0.1, 0.15) is 17.2 Å². The van der Waals surface area contributed by atoms with Gasteiger partial charge in [-0.3, -0.25) is 13.9 Å². The molecule has 2 amide bonds. The molecule has 0 spiro atoms. The SMILES string of the molecule is Cc1cn2cc(NC(=O)c3ccc(N4CC[C@@H](N(C)C(=O)OC(C)(C)C)C4)c4cn(C)nc34)nc(OC3CC3)c2n1. The quantitative estimate of drug-likeness (QED) is 0.373. The molecule has 1 saturated carbocycles. The van der Waals surface area contributed by atoms with E-state index < -0.39 is 5.60 Å². The number of carbonyl (C=O) groups is 2. The summed E-state index contributed by atoms with van der Waals surface area (Å²) in [4.78, 5) is 39.2. The van der Waals surface area contributed by atoms with Gasteiger partial charge in [0.15, 0.2) is 5.82 Å². The van der Waals surface area contributed by atoms with Gasteiger partial charge in [0.2, 0.25) is 5.65 Å². The Morgan fingerprint density at radius 1 is 1.10 bits per heavy atom. The number of imidazole rings is 1. The minimum absolute atomic E-state index is 0.0133. The van der Waals surface area contributed by atoms with Gasteiger partial charge in [0.05, 0.1) is 23.5 Å². The molecule has 6 rings (SSSR count). The van der Waals surface area contributed by atoms with Crippen molar-refractivity contribution in [3.8, 4) is 5.88 Å². The fourth-order valence-electron chi connectivity index (χ4n) is 5.18. The highest BCUT2D eigenvalue weighted by molar-refractivity contribution is 6.13. The van der Waals surface area contributed by atoms with Crippen molar-refractivity contribution in [1.82, 2.24) is 29.0 Å². The molecule has 12 heteroatoms. The Labute approximate surface area is 238 Å². The van der Waals surface area contributed by atoms with E-state index in [1.165, 1.54) is 0 Å². The van der Waals surface area contributed by atoms with Crippen LogP contribution in [-0.4, -0.2) is 78.9 Å². The summed E-state index contributed by atoms with van der Waals surface area (Å²) < 4.78 is 15.1. The second kappa shape index (κ2) is 9.93. The fraction of sp³-hybridized carbons (Fsp3) is 0.483. The molecule has 2 fully saturated rings. The van der Waals surface area contributed by atoms with Crippen molar-refractivity contribution in [2.45, 2.75) is 64.7 Å². The Morgan fingerprint density at radius 3 is 2.61 bits per heavy atom. The molecular formula is C29H36N8O4. The zero-order chi connectivity index (χ0) is 29.1. The Balaban J connectivity index is 1.24. The van der Waals surface area contributed by atoms with Crippen LogP contribution in [0.4, 0.5) is 16.3 Å².